The predicted molar refractivity (Wildman–Crippen MR) is 91.1 cm³/mol. The highest BCUT2D eigenvalue weighted by Crippen LogP contribution is 2.22. The number of aliphatic imine (C=N–C) groups is 1. The van der Waals surface area contributed by atoms with E-state index in [0.29, 0.717) is 19.6 Å². The molecule has 1 unspecified atom stereocenters. The highest BCUT2D eigenvalue weighted by molar-refractivity contribution is 5.86. The number of ether oxygens (including phenoxy) is 2. The number of carbonyl (C=O) groups is 2. The molecule has 1 atom stereocenters. The standard InChI is InChI=1S/C17H30N2O5/c1-3-4-5-6-7-8-9-15-18-10-11-19(15,17(22)23-2)12-13-24-14-16(20)21/h3-14H2,1-2H3/p+1. The first-order valence-corrected chi connectivity index (χ1v) is 8.86. The summed E-state index contributed by atoms with van der Waals surface area (Å²) in [6, 6.07) is 0. The fourth-order valence-electron chi connectivity index (χ4n) is 3.05. The van der Waals surface area contributed by atoms with E-state index < -0.39 is 5.97 Å². The van der Waals surface area contributed by atoms with Gasteiger partial charge in [-0.2, -0.15) is 9.28 Å². The van der Waals surface area contributed by atoms with Gasteiger partial charge in [-0.05, 0) is 6.42 Å². The minimum absolute atomic E-state index is 0.0467. The second-order valence-corrected chi connectivity index (χ2v) is 6.15. The van der Waals surface area contributed by atoms with Crippen molar-refractivity contribution in [2.45, 2.75) is 51.9 Å². The lowest BCUT2D eigenvalue weighted by Gasteiger charge is -2.29. The van der Waals surface area contributed by atoms with Gasteiger partial charge in [0.15, 0.2) is 0 Å². The van der Waals surface area contributed by atoms with Crippen LogP contribution in [0.25, 0.3) is 0 Å². The Morgan fingerprint density at radius 3 is 2.58 bits per heavy atom. The van der Waals surface area contributed by atoms with Crippen molar-refractivity contribution in [3.05, 3.63) is 0 Å². The van der Waals surface area contributed by atoms with Gasteiger partial charge >= 0.3 is 12.1 Å². The quantitative estimate of drug-likeness (QED) is 0.435. The van der Waals surface area contributed by atoms with Gasteiger partial charge in [-0.25, -0.2) is 9.79 Å². The lowest BCUT2D eigenvalue weighted by Crippen LogP contribution is -2.57. The number of hydrogen-bond acceptors (Lipinski definition) is 5. The molecule has 1 N–H and O–H groups in total. The molecule has 0 radical (unpaired) electrons. The van der Waals surface area contributed by atoms with Crippen LogP contribution in [0.2, 0.25) is 0 Å². The summed E-state index contributed by atoms with van der Waals surface area (Å²) in [5.74, 6) is -0.168. The third kappa shape index (κ3) is 6.20. The van der Waals surface area contributed by atoms with Crippen LogP contribution in [0.3, 0.4) is 0 Å². The zero-order valence-corrected chi connectivity index (χ0v) is 15.0. The lowest BCUT2D eigenvalue weighted by molar-refractivity contribution is -0.762. The predicted octanol–water partition coefficient (Wildman–Crippen LogP) is 2.83. The first-order valence-electron chi connectivity index (χ1n) is 8.86. The molecule has 1 aliphatic rings. The summed E-state index contributed by atoms with van der Waals surface area (Å²) in [4.78, 5) is 27.4. The zero-order valence-electron chi connectivity index (χ0n) is 15.0. The number of amidine groups is 1. The molecule has 0 bridgehead atoms. The Balaban J connectivity index is 2.53. The summed E-state index contributed by atoms with van der Waals surface area (Å²) < 4.78 is 10.1. The number of amides is 1. The van der Waals surface area contributed by atoms with Gasteiger partial charge in [-0.15, -0.1) is 0 Å². The number of methoxy groups -OCH3 is 1. The van der Waals surface area contributed by atoms with E-state index in [2.05, 4.69) is 11.9 Å². The molecule has 0 aromatic rings. The number of hydrogen-bond donors (Lipinski definition) is 1. The molecule has 0 aromatic heterocycles. The second kappa shape index (κ2) is 11.1. The summed E-state index contributed by atoms with van der Waals surface area (Å²) in [6.07, 6.45) is 7.54. The number of rotatable bonds is 12. The molecular formula is C17H31N2O5+. The number of carbonyl (C=O) groups excluding carboxylic acids is 1. The molecule has 0 aromatic carbocycles. The number of carboxylic acids is 1. The Morgan fingerprint density at radius 2 is 1.92 bits per heavy atom. The SMILES string of the molecule is CCCCCCCCC1=NCC[N+]1(CCOCC(=O)O)C(=O)OC. The average molecular weight is 343 g/mol. The molecule has 7 heteroatoms. The van der Waals surface area contributed by atoms with E-state index in [9.17, 15) is 9.59 Å². The Kier molecular flexibility index (Phi) is 9.56. The normalized spacial score (nSPS) is 20.0. The van der Waals surface area contributed by atoms with Crippen LogP contribution in [0.4, 0.5) is 4.79 Å². The van der Waals surface area contributed by atoms with E-state index >= 15 is 0 Å². The molecule has 0 saturated heterocycles. The Labute approximate surface area is 144 Å². The highest BCUT2D eigenvalue weighted by Gasteiger charge is 2.46. The molecule has 0 spiro atoms. The third-order valence-corrected chi connectivity index (χ3v) is 4.39. The van der Waals surface area contributed by atoms with Gasteiger partial charge < -0.3 is 14.6 Å². The van der Waals surface area contributed by atoms with Crippen molar-refractivity contribution >= 4 is 17.9 Å². The van der Waals surface area contributed by atoms with Crippen LogP contribution in [-0.2, 0) is 14.3 Å². The smallest absolute Gasteiger partial charge is 0.480 e. The van der Waals surface area contributed by atoms with Crippen LogP contribution in [0.15, 0.2) is 4.99 Å². The minimum atomic E-state index is -1.01. The van der Waals surface area contributed by atoms with Gasteiger partial charge in [-0.1, -0.05) is 39.0 Å². The average Bonchev–Trinajstić information content (AvgIpc) is 2.98. The molecule has 7 nitrogen and oxygen atoms in total. The van der Waals surface area contributed by atoms with Gasteiger partial charge in [-0.3, -0.25) is 0 Å². The molecule has 1 amide bonds. The van der Waals surface area contributed by atoms with Gasteiger partial charge in [0.25, 0.3) is 0 Å². The molecule has 1 rings (SSSR count). The van der Waals surface area contributed by atoms with E-state index in [-0.39, 0.29) is 23.8 Å². The first kappa shape index (κ1) is 20.6. The summed E-state index contributed by atoms with van der Waals surface area (Å²) in [5.41, 5.74) is 0. The van der Waals surface area contributed by atoms with Crippen molar-refractivity contribution in [3.63, 3.8) is 0 Å². The van der Waals surface area contributed by atoms with Crippen LogP contribution >= 0.6 is 0 Å². The van der Waals surface area contributed by atoms with Gasteiger partial charge in [0.2, 0.25) is 5.84 Å². The molecule has 24 heavy (non-hydrogen) atoms. The number of carboxylic acid groups (broad SMARTS) is 1. The highest BCUT2D eigenvalue weighted by atomic mass is 16.5. The van der Waals surface area contributed by atoms with E-state index in [1.165, 1.54) is 32.8 Å². The Hall–Kier alpha value is -1.47. The lowest BCUT2D eigenvalue weighted by atomic mass is 10.1. The van der Waals surface area contributed by atoms with Gasteiger partial charge in [0.05, 0.1) is 20.3 Å². The molecule has 1 heterocycles. The summed E-state index contributed by atoms with van der Waals surface area (Å²) in [6.45, 7) is 3.56. The van der Waals surface area contributed by atoms with E-state index in [1.54, 1.807) is 0 Å². The molecule has 0 fully saturated rings. The monoisotopic (exact) mass is 343 g/mol. The summed E-state index contributed by atoms with van der Waals surface area (Å²) in [7, 11) is 1.38. The maximum absolute atomic E-state index is 12.3. The number of nitrogens with zero attached hydrogens (tertiary/aromatic N) is 2. The minimum Gasteiger partial charge on any atom is -0.480 e. The van der Waals surface area contributed by atoms with E-state index in [4.69, 9.17) is 14.6 Å². The third-order valence-electron chi connectivity index (χ3n) is 4.39. The van der Waals surface area contributed by atoms with Crippen molar-refractivity contribution in [1.82, 2.24) is 0 Å². The van der Waals surface area contributed by atoms with Crippen LogP contribution in [0.1, 0.15) is 51.9 Å². The maximum atomic E-state index is 12.3. The fourth-order valence-corrected chi connectivity index (χ4v) is 3.05. The molecule has 1 aliphatic heterocycles. The zero-order chi connectivity index (χ0) is 17.8. The molecule has 0 aliphatic carbocycles. The number of aliphatic carboxylic acids is 1. The van der Waals surface area contributed by atoms with E-state index in [0.717, 1.165) is 25.1 Å². The van der Waals surface area contributed by atoms with Gasteiger partial charge in [0, 0.05) is 6.42 Å². The van der Waals surface area contributed by atoms with Crippen molar-refractivity contribution in [1.29, 1.82) is 0 Å². The van der Waals surface area contributed by atoms with Crippen molar-refractivity contribution < 1.29 is 28.7 Å². The maximum Gasteiger partial charge on any atom is 0.522 e. The van der Waals surface area contributed by atoms with Crippen LogP contribution in [0, 0.1) is 0 Å². The van der Waals surface area contributed by atoms with Crippen LogP contribution in [-0.4, -0.2) is 67.4 Å². The first-order chi connectivity index (χ1) is 11.6. The van der Waals surface area contributed by atoms with Crippen molar-refractivity contribution in [2.75, 3.05) is 40.0 Å². The molecule has 138 valence electrons. The van der Waals surface area contributed by atoms with Gasteiger partial charge in [0.1, 0.15) is 19.7 Å². The van der Waals surface area contributed by atoms with Crippen molar-refractivity contribution in [2.24, 2.45) is 4.99 Å². The van der Waals surface area contributed by atoms with Crippen molar-refractivity contribution in [3.8, 4) is 0 Å². The second-order valence-electron chi connectivity index (χ2n) is 6.15. The molecular weight excluding hydrogens is 312 g/mol. The largest absolute Gasteiger partial charge is 0.522 e. The Bertz CT molecular complexity index is 439. The Morgan fingerprint density at radius 1 is 1.21 bits per heavy atom. The topological polar surface area (TPSA) is 85.2 Å². The number of unbranched alkanes of at least 4 members (excludes halogenated alkanes) is 5. The van der Waals surface area contributed by atoms with Crippen LogP contribution < -0.4 is 0 Å². The van der Waals surface area contributed by atoms with E-state index in [1.807, 2.05) is 0 Å². The summed E-state index contributed by atoms with van der Waals surface area (Å²) in [5, 5.41) is 8.64. The van der Waals surface area contributed by atoms with Crippen LogP contribution in [0.5, 0.6) is 0 Å². The molecule has 0 saturated carbocycles. The fraction of sp³-hybridized carbons (Fsp3) is 0.824. The number of quaternary nitrogens is 1. The summed E-state index contributed by atoms with van der Waals surface area (Å²) >= 11 is 0.